The summed E-state index contributed by atoms with van der Waals surface area (Å²) in [5, 5.41) is 11.5. The fourth-order valence-corrected chi connectivity index (χ4v) is 1.67. The van der Waals surface area contributed by atoms with Crippen LogP contribution >= 0.6 is 0 Å². The zero-order valence-corrected chi connectivity index (χ0v) is 12.3. The highest BCUT2D eigenvalue weighted by Gasteiger charge is 2.09. The first kappa shape index (κ1) is 16.1. The van der Waals surface area contributed by atoms with Crippen molar-refractivity contribution in [2.45, 2.75) is 32.9 Å². The van der Waals surface area contributed by atoms with Crippen molar-refractivity contribution in [1.82, 2.24) is 10.2 Å². The second kappa shape index (κ2) is 8.23. The number of carbonyl (C=O) groups is 1. The van der Waals surface area contributed by atoms with E-state index in [4.69, 9.17) is 5.11 Å². The number of carbonyl (C=O) groups excluding carboxylic acids is 1. The van der Waals surface area contributed by atoms with Crippen LogP contribution in [-0.4, -0.2) is 35.7 Å². The molecule has 1 aromatic carbocycles. The Kier molecular flexibility index (Phi) is 6.61. The number of benzene rings is 1. The lowest BCUT2D eigenvalue weighted by Gasteiger charge is -2.19. The van der Waals surface area contributed by atoms with Gasteiger partial charge < -0.3 is 15.3 Å². The summed E-state index contributed by atoms with van der Waals surface area (Å²) < 4.78 is 0. The molecule has 0 aliphatic heterocycles. The number of aliphatic hydroxyl groups is 1. The summed E-state index contributed by atoms with van der Waals surface area (Å²) in [4.78, 5) is 13.5. The van der Waals surface area contributed by atoms with Gasteiger partial charge in [0.15, 0.2) is 0 Å². The van der Waals surface area contributed by atoms with E-state index in [1.807, 2.05) is 38.1 Å². The monoisotopic (exact) mass is 274 g/mol. The maximum atomic E-state index is 11.8. The molecule has 108 valence electrons. The number of rotatable bonds is 4. The number of aliphatic hydroxyl groups excluding tert-OH is 1. The van der Waals surface area contributed by atoms with Gasteiger partial charge >= 0.3 is 6.03 Å². The third-order valence-electron chi connectivity index (χ3n) is 2.58. The quantitative estimate of drug-likeness (QED) is 0.825. The van der Waals surface area contributed by atoms with Gasteiger partial charge in [-0.3, -0.25) is 0 Å². The molecule has 0 fully saturated rings. The second-order valence-electron chi connectivity index (χ2n) is 4.94. The predicted octanol–water partition coefficient (Wildman–Crippen LogP) is 1.97. The third kappa shape index (κ3) is 5.77. The van der Waals surface area contributed by atoms with Crippen LogP contribution in [0.2, 0.25) is 0 Å². The summed E-state index contributed by atoms with van der Waals surface area (Å²) >= 11 is 0. The van der Waals surface area contributed by atoms with Crippen molar-refractivity contribution in [2.24, 2.45) is 0 Å². The number of hydrogen-bond donors (Lipinski definition) is 2. The molecule has 0 aliphatic carbocycles. The van der Waals surface area contributed by atoms with Gasteiger partial charge in [-0.05, 0) is 31.5 Å². The van der Waals surface area contributed by atoms with Crippen LogP contribution in [0.15, 0.2) is 24.3 Å². The molecule has 0 spiro atoms. The molecule has 0 atom stereocenters. The van der Waals surface area contributed by atoms with Crippen LogP contribution in [0.3, 0.4) is 0 Å². The molecule has 0 bridgehead atoms. The van der Waals surface area contributed by atoms with Gasteiger partial charge in [-0.2, -0.15) is 0 Å². The topological polar surface area (TPSA) is 52.6 Å². The van der Waals surface area contributed by atoms with E-state index < -0.39 is 0 Å². The molecule has 20 heavy (non-hydrogen) atoms. The van der Waals surface area contributed by atoms with Gasteiger partial charge in [-0.15, -0.1) is 0 Å². The Morgan fingerprint density at radius 1 is 1.45 bits per heavy atom. The van der Waals surface area contributed by atoms with E-state index in [1.165, 1.54) is 0 Å². The van der Waals surface area contributed by atoms with Crippen LogP contribution in [-0.2, 0) is 6.54 Å². The second-order valence-corrected chi connectivity index (χ2v) is 4.94. The standard InChI is InChI=1S/C16H22N2O2/c1-13(2)17-16(20)18(3)12-15-9-6-8-14(11-15)7-4-5-10-19/h6,8-9,11,13,19H,5,10,12H2,1-3H3,(H,17,20). The summed E-state index contributed by atoms with van der Waals surface area (Å²) in [5.74, 6) is 5.88. The maximum Gasteiger partial charge on any atom is 0.317 e. The zero-order valence-electron chi connectivity index (χ0n) is 12.3. The van der Waals surface area contributed by atoms with Crippen LogP contribution in [0.5, 0.6) is 0 Å². The van der Waals surface area contributed by atoms with Crippen molar-refractivity contribution >= 4 is 6.03 Å². The number of nitrogens with zero attached hydrogens (tertiary/aromatic N) is 1. The Hall–Kier alpha value is -1.99. The minimum absolute atomic E-state index is 0.0742. The van der Waals surface area contributed by atoms with Crippen molar-refractivity contribution in [3.63, 3.8) is 0 Å². The van der Waals surface area contributed by atoms with Crippen LogP contribution in [0.1, 0.15) is 31.4 Å². The van der Waals surface area contributed by atoms with Gasteiger partial charge in [0.05, 0.1) is 6.61 Å². The molecule has 0 aromatic heterocycles. The summed E-state index contributed by atoms with van der Waals surface area (Å²) in [5.41, 5.74) is 1.93. The zero-order chi connectivity index (χ0) is 15.0. The summed E-state index contributed by atoms with van der Waals surface area (Å²) in [6, 6.07) is 7.81. The van der Waals surface area contributed by atoms with Gasteiger partial charge in [0.25, 0.3) is 0 Å². The van der Waals surface area contributed by atoms with Gasteiger partial charge in [0.2, 0.25) is 0 Å². The largest absolute Gasteiger partial charge is 0.395 e. The van der Waals surface area contributed by atoms with E-state index >= 15 is 0 Å². The normalized spacial score (nSPS) is 9.85. The van der Waals surface area contributed by atoms with E-state index in [-0.39, 0.29) is 18.7 Å². The summed E-state index contributed by atoms with van der Waals surface area (Å²) in [7, 11) is 1.77. The average molecular weight is 274 g/mol. The Labute approximate surface area is 120 Å². The van der Waals surface area contributed by atoms with E-state index in [0.29, 0.717) is 13.0 Å². The number of urea groups is 1. The molecule has 4 nitrogen and oxygen atoms in total. The van der Waals surface area contributed by atoms with Crippen molar-refractivity contribution in [3.8, 4) is 11.8 Å². The van der Waals surface area contributed by atoms with Gasteiger partial charge in [0.1, 0.15) is 0 Å². The molecule has 2 amide bonds. The van der Waals surface area contributed by atoms with Crippen LogP contribution < -0.4 is 5.32 Å². The molecule has 0 radical (unpaired) electrons. The minimum atomic E-state index is -0.0863. The smallest absolute Gasteiger partial charge is 0.317 e. The summed E-state index contributed by atoms with van der Waals surface area (Å²) in [6.45, 7) is 4.48. The van der Waals surface area contributed by atoms with Crippen LogP contribution in [0, 0.1) is 11.8 Å². The average Bonchev–Trinajstić information content (AvgIpc) is 2.38. The molecular weight excluding hydrogens is 252 g/mol. The number of nitrogens with one attached hydrogen (secondary N) is 1. The van der Waals surface area contributed by atoms with Gasteiger partial charge in [0, 0.05) is 31.6 Å². The summed E-state index contributed by atoms with van der Waals surface area (Å²) in [6.07, 6.45) is 0.473. The van der Waals surface area contributed by atoms with Crippen LogP contribution in [0.4, 0.5) is 4.79 Å². The molecule has 2 N–H and O–H groups in total. The first-order chi connectivity index (χ1) is 9.52. The fraction of sp³-hybridized carbons (Fsp3) is 0.438. The SMILES string of the molecule is CC(C)NC(=O)N(C)Cc1cccc(C#CCCO)c1. The molecule has 1 rings (SSSR count). The first-order valence-corrected chi connectivity index (χ1v) is 6.73. The number of hydrogen-bond acceptors (Lipinski definition) is 2. The van der Waals surface area contributed by atoms with E-state index in [9.17, 15) is 4.79 Å². The van der Waals surface area contributed by atoms with Crippen molar-refractivity contribution in [3.05, 3.63) is 35.4 Å². The van der Waals surface area contributed by atoms with E-state index in [1.54, 1.807) is 11.9 Å². The van der Waals surface area contributed by atoms with Crippen molar-refractivity contribution in [1.29, 1.82) is 0 Å². The highest BCUT2D eigenvalue weighted by atomic mass is 16.2. The lowest BCUT2D eigenvalue weighted by atomic mass is 10.1. The minimum Gasteiger partial charge on any atom is -0.395 e. The molecule has 0 heterocycles. The molecule has 0 aliphatic rings. The highest BCUT2D eigenvalue weighted by molar-refractivity contribution is 5.74. The molecule has 0 saturated carbocycles. The fourth-order valence-electron chi connectivity index (χ4n) is 1.67. The predicted molar refractivity (Wildman–Crippen MR) is 80.2 cm³/mol. The first-order valence-electron chi connectivity index (χ1n) is 6.73. The third-order valence-corrected chi connectivity index (χ3v) is 2.58. The lowest BCUT2D eigenvalue weighted by Crippen LogP contribution is -2.40. The Morgan fingerprint density at radius 3 is 2.85 bits per heavy atom. The molecule has 0 unspecified atom stereocenters. The van der Waals surface area contributed by atoms with Gasteiger partial charge in [-0.25, -0.2) is 4.79 Å². The highest BCUT2D eigenvalue weighted by Crippen LogP contribution is 2.07. The van der Waals surface area contributed by atoms with Crippen molar-refractivity contribution < 1.29 is 9.90 Å². The van der Waals surface area contributed by atoms with Crippen molar-refractivity contribution in [2.75, 3.05) is 13.7 Å². The Morgan fingerprint density at radius 2 is 2.20 bits per heavy atom. The molecular formula is C16H22N2O2. The molecule has 4 heteroatoms. The Balaban J connectivity index is 2.66. The Bertz CT molecular complexity index is 501. The lowest BCUT2D eigenvalue weighted by molar-refractivity contribution is 0.204. The number of amides is 2. The van der Waals surface area contributed by atoms with E-state index in [2.05, 4.69) is 17.2 Å². The maximum absolute atomic E-state index is 11.8. The molecule has 0 saturated heterocycles. The van der Waals surface area contributed by atoms with Crippen LogP contribution in [0.25, 0.3) is 0 Å². The molecule has 1 aromatic rings. The van der Waals surface area contributed by atoms with E-state index in [0.717, 1.165) is 11.1 Å². The van der Waals surface area contributed by atoms with Gasteiger partial charge in [-0.1, -0.05) is 24.0 Å².